The fourth-order valence-corrected chi connectivity index (χ4v) is 7.96. The lowest BCUT2D eigenvalue weighted by molar-refractivity contribution is 0.673. The van der Waals surface area contributed by atoms with Crippen molar-refractivity contribution in [1.82, 2.24) is 15.0 Å². The molecule has 0 spiro atoms. The van der Waals surface area contributed by atoms with Crippen molar-refractivity contribution in [3.63, 3.8) is 0 Å². The van der Waals surface area contributed by atoms with E-state index in [9.17, 15) is 0 Å². The van der Waals surface area contributed by atoms with Crippen molar-refractivity contribution in [1.29, 1.82) is 0 Å². The average Bonchev–Trinajstić information content (AvgIpc) is 3.62. The molecule has 0 saturated heterocycles. The summed E-state index contributed by atoms with van der Waals surface area (Å²) in [5.74, 6) is 0.686. The molecule has 0 saturated carbocycles. The summed E-state index contributed by atoms with van der Waals surface area (Å²) in [5, 5.41) is 10.1. The lowest BCUT2D eigenvalue weighted by Crippen LogP contribution is -1.96. The highest BCUT2D eigenvalue weighted by atomic mass is 16.3. The van der Waals surface area contributed by atoms with Crippen molar-refractivity contribution in [2.45, 2.75) is 0 Å². The Labute approximate surface area is 304 Å². The zero-order valence-electron chi connectivity index (χ0n) is 28.5. The highest BCUT2D eigenvalue weighted by Crippen LogP contribution is 2.42. The van der Waals surface area contributed by atoms with Crippen LogP contribution in [0.5, 0.6) is 0 Å². The zero-order valence-corrected chi connectivity index (χ0v) is 28.5. The van der Waals surface area contributed by atoms with Crippen molar-refractivity contribution < 1.29 is 4.42 Å². The molecule has 3 aromatic heterocycles. The molecule has 0 fully saturated rings. The van der Waals surface area contributed by atoms with Crippen LogP contribution in [0.4, 0.5) is 0 Å². The number of para-hydroxylation sites is 1. The van der Waals surface area contributed by atoms with Gasteiger partial charge in [0.2, 0.25) is 0 Å². The van der Waals surface area contributed by atoms with E-state index < -0.39 is 0 Å². The number of rotatable bonds is 4. The summed E-state index contributed by atoms with van der Waals surface area (Å²) in [5.41, 5.74) is 9.44. The summed E-state index contributed by atoms with van der Waals surface area (Å²) in [6, 6.07) is 61.3. The predicted octanol–water partition coefficient (Wildman–Crippen LogP) is 13.1. The quantitative estimate of drug-likeness (QED) is 0.174. The summed E-state index contributed by atoms with van der Waals surface area (Å²) >= 11 is 0. The van der Waals surface area contributed by atoms with Crippen LogP contribution in [0.25, 0.3) is 110 Å². The molecule has 0 atom stereocenters. The Kier molecular flexibility index (Phi) is 6.52. The van der Waals surface area contributed by atoms with E-state index in [1.165, 1.54) is 16.2 Å². The van der Waals surface area contributed by atoms with Crippen LogP contribution in [0.15, 0.2) is 180 Å². The first kappa shape index (κ1) is 29.5. The second kappa shape index (κ2) is 11.7. The molecule has 0 aliphatic heterocycles. The first-order valence-corrected chi connectivity index (χ1v) is 17.9. The van der Waals surface area contributed by atoms with Crippen LogP contribution in [0, 0.1) is 0 Å². The van der Waals surface area contributed by atoms with E-state index in [-0.39, 0.29) is 0 Å². The first-order chi connectivity index (χ1) is 26.3. The van der Waals surface area contributed by atoms with Crippen molar-refractivity contribution in [3.05, 3.63) is 176 Å². The third kappa shape index (κ3) is 4.73. The van der Waals surface area contributed by atoms with Crippen LogP contribution in [-0.4, -0.2) is 15.0 Å². The summed E-state index contributed by atoms with van der Waals surface area (Å²) < 4.78 is 6.77. The van der Waals surface area contributed by atoms with Crippen LogP contribution >= 0.6 is 0 Å². The molecule has 53 heavy (non-hydrogen) atoms. The molecule has 3 heterocycles. The molecule has 0 unspecified atom stereocenters. The maximum absolute atomic E-state index is 6.77. The molecule has 0 N–H and O–H groups in total. The minimum Gasteiger partial charge on any atom is -0.455 e. The van der Waals surface area contributed by atoms with Gasteiger partial charge < -0.3 is 4.42 Å². The van der Waals surface area contributed by atoms with Gasteiger partial charge in [-0.25, -0.2) is 15.0 Å². The summed E-state index contributed by atoms with van der Waals surface area (Å²) in [4.78, 5) is 15.6. The molecule has 0 radical (unpaired) electrons. The number of fused-ring (bicyclic) bond motifs is 10. The van der Waals surface area contributed by atoms with Crippen molar-refractivity contribution in [2.24, 2.45) is 0 Å². The van der Waals surface area contributed by atoms with E-state index >= 15 is 0 Å². The Morgan fingerprint density at radius 1 is 0.377 bits per heavy atom. The normalized spacial score (nSPS) is 11.8. The number of nitrogens with zero attached hydrogens (tertiary/aromatic N) is 3. The monoisotopic (exact) mass is 675 g/mol. The highest BCUT2D eigenvalue weighted by Gasteiger charge is 2.19. The molecule has 0 bridgehead atoms. The molecule has 0 amide bonds. The van der Waals surface area contributed by atoms with Gasteiger partial charge in [-0.1, -0.05) is 133 Å². The zero-order chi connectivity index (χ0) is 34.9. The lowest BCUT2D eigenvalue weighted by atomic mass is 9.95. The number of hydrogen-bond donors (Lipinski definition) is 0. The highest BCUT2D eigenvalue weighted by molar-refractivity contribution is 6.25. The van der Waals surface area contributed by atoms with Crippen LogP contribution in [0.2, 0.25) is 0 Å². The van der Waals surface area contributed by atoms with Crippen LogP contribution in [-0.2, 0) is 0 Å². The maximum Gasteiger partial charge on any atom is 0.160 e. The minimum absolute atomic E-state index is 0.686. The topological polar surface area (TPSA) is 51.8 Å². The molecule has 11 rings (SSSR count). The number of aromatic nitrogens is 3. The Bertz CT molecular complexity index is 3220. The predicted molar refractivity (Wildman–Crippen MR) is 219 cm³/mol. The molecule has 8 aromatic carbocycles. The van der Waals surface area contributed by atoms with Gasteiger partial charge in [-0.05, 0) is 64.0 Å². The molecular weight excluding hydrogens is 647 g/mol. The summed E-state index contributed by atoms with van der Waals surface area (Å²) in [6.07, 6.45) is 0. The summed E-state index contributed by atoms with van der Waals surface area (Å²) in [7, 11) is 0. The van der Waals surface area contributed by atoms with Gasteiger partial charge in [0, 0.05) is 49.2 Å². The summed E-state index contributed by atoms with van der Waals surface area (Å²) in [6.45, 7) is 0. The van der Waals surface area contributed by atoms with E-state index in [0.29, 0.717) is 5.82 Å². The van der Waals surface area contributed by atoms with E-state index in [2.05, 4.69) is 146 Å². The Hall–Kier alpha value is -7.17. The number of furan rings is 1. The Morgan fingerprint density at radius 2 is 1.04 bits per heavy atom. The smallest absolute Gasteiger partial charge is 0.160 e. The van der Waals surface area contributed by atoms with E-state index in [1.807, 2.05) is 30.3 Å². The Morgan fingerprint density at radius 3 is 1.87 bits per heavy atom. The van der Waals surface area contributed by atoms with Gasteiger partial charge in [-0.15, -0.1) is 0 Å². The van der Waals surface area contributed by atoms with Gasteiger partial charge in [0.15, 0.2) is 5.82 Å². The standard InChI is InChI=1S/C49H29N3O/c1-3-13-30(14-4-1)47-39-25-24-37-41-28-33(23-26-45(41)53-48(37)46(39)38-21-11-12-22-42(38)50-47)43-29-44(52-49(51-43)31-15-5-2-6-16-31)40-27-32-17-7-8-18-34(32)35-19-9-10-20-36(35)40/h1-29H. The van der Waals surface area contributed by atoms with Crippen LogP contribution in [0.1, 0.15) is 0 Å². The molecule has 4 nitrogen and oxygen atoms in total. The van der Waals surface area contributed by atoms with Crippen molar-refractivity contribution in [2.75, 3.05) is 0 Å². The minimum atomic E-state index is 0.686. The van der Waals surface area contributed by atoms with Crippen molar-refractivity contribution >= 4 is 65.2 Å². The van der Waals surface area contributed by atoms with Gasteiger partial charge >= 0.3 is 0 Å². The second-order valence-electron chi connectivity index (χ2n) is 13.5. The maximum atomic E-state index is 6.77. The number of pyridine rings is 1. The van der Waals surface area contributed by atoms with Gasteiger partial charge in [0.05, 0.1) is 22.6 Å². The Balaban J connectivity index is 1.15. The molecular formula is C49H29N3O. The largest absolute Gasteiger partial charge is 0.455 e. The van der Waals surface area contributed by atoms with Gasteiger partial charge in [-0.2, -0.15) is 0 Å². The third-order valence-corrected chi connectivity index (χ3v) is 10.4. The fourth-order valence-electron chi connectivity index (χ4n) is 7.96. The van der Waals surface area contributed by atoms with Crippen LogP contribution < -0.4 is 0 Å². The van der Waals surface area contributed by atoms with Gasteiger partial charge in [-0.3, -0.25) is 0 Å². The van der Waals surface area contributed by atoms with Crippen molar-refractivity contribution in [3.8, 4) is 45.2 Å². The number of hydrogen-bond acceptors (Lipinski definition) is 4. The molecule has 11 aromatic rings. The van der Waals surface area contributed by atoms with Gasteiger partial charge in [0.25, 0.3) is 0 Å². The van der Waals surface area contributed by atoms with E-state index in [4.69, 9.17) is 19.4 Å². The third-order valence-electron chi connectivity index (χ3n) is 10.4. The second-order valence-corrected chi connectivity index (χ2v) is 13.5. The lowest BCUT2D eigenvalue weighted by Gasteiger charge is -2.13. The van der Waals surface area contributed by atoms with E-state index in [0.717, 1.165) is 88.3 Å². The first-order valence-electron chi connectivity index (χ1n) is 17.9. The molecule has 4 heteroatoms. The molecule has 0 aliphatic carbocycles. The SMILES string of the molecule is c1ccc(-c2nc(-c3ccc4oc5c(ccc6c(-c7ccccc7)nc7ccccc7c65)c4c3)cc(-c3cc4ccccc4c4ccccc34)n2)cc1. The van der Waals surface area contributed by atoms with Gasteiger partial charge in [0.1, 0.15) is 11.2 Å². The fraction of sp³-hybridized carbons (Fsp3) is 0. The van der Waals surface area contributed by atoms with Crippen LogP contribution in [0.3, 0.4) is 0 Å². The average molecular weight is 676 g/mol. The van der Waals surface area contributed by atoms with E-state index in [1.54, 1.807) is 0 Å². The molecule has 246 valence electrons. The molecule has 0 aliphatic rings. The number of benzene rings is 8.